The van der Waals surface area contributed by atoms with Crippen molar-refractivity contribution in [2.45, 2.75) is 6.04 Å². The number of hydrogen-bond donors (Lipinski definition) is 3. The monoisotopic (exact) mass is 304 g/mol. The van der Waals surface area contributed by atoms with Gasteiger partial charge in [-0.3, -0.25) is 4.79 Å². The van der Waals surface area contributed by atoms with Crippen LogP contribution < -0.4 is 11.1 Å². The molecule has 0 aliphatic rings. The molecular formula is C15H13ClN2O3. The number of carbonyl (C=O) groups is 2. The van der Waals surface area contributed by atoms with Crippen LogP contribution >= 0.6 is 11.6 Å². The summed E-state index contributed by atoms with van der Waals surface area (Å²) in [4.78, 5) is 23.0. The van der Waals surface area contributed by atoms with Gasteiger partial charge in [0, 0.05) is 0 Å². The Morgan fingerprint density at radius 2 is 1.81 bits per heavy atom. The second-order valence-corrected chi connectivity index (χ2v) is 4.78. The van der Waals surface area contributed by atoms with Crippen LogP contribution in [-0.4, -0.2) is 17.0 Å². The third-order valence-corrected chi connectivity index (χ3v) is 3.24. The predicted octanol–water partition coefficient (Wildman–Crippen LogP) is 2.68. The first kappa shape index (κ1) is 15.0. The number of carbonyl (C=O) groups excluding carboxylic acids is 1. The van der Waals surface area contributed by atoms with E-state index >= 15 is 0 Å². The number of halogens is 1. The molecule has 1 atom stereocenters. The van der Waals surface area contributed by atoms with Crippen LogP contribution in [-0.2, 0) is 4.79 Å². The van der Waals surface area contributed by atoms with Gasteiger partial charge in [0.15, 0.2) is 0 Å². The quantitative estimate of drug-likeness (QED) is 0.809. The SMILES string of the molecule is NC(C(=O)Nc1cc(C(=O)O)ccc1Cl)c1ccccc1. The van der Waals surface area contributed by atoms with Crippen molar-refractivity contribution in [2.75, 3.05) is 5.32 Å². The second kappa shape index (κ2) is 6.39. The van der Waals surface area contributed by atoms with E-state index in [0.29, 0.717) is 5.56 Å². The largest absolute Gasteiger partial charge is 0.478 e. The molecule has 4 N–H and O–H groups in total. The van der Waals surface area contributed by atoms with Crippen molar-refractivity contribution in [3.05, 3.63) is 64.7 Å². The molecule has 21 heavy (non-hydrogen) atoms. The minimum atomic E-state index is -1.10. The smallest absolute Gasteiger partial charge is 0.335 e. The van der Waals surface area contributed by atoms with Crippen molar-refractivity contribution in [3.63, 3.8) is 0 Å². The van der Waals surface area contributed by atoms with Gasteiger partial charge in [0.25, 0.3) is 0 Å². The molecular weight excluding hydrogens is 292 g/mol. The summed E-state index contributed by atoms with van der Waals surface area (Å²) in [5, 5.41) is 11.7. The molecule has 0 saturated heterocycles. The van der Waals surface area contributed by atoms with Crippen LogP contribution in [0.5, 0.6) is 0 Å². The number of carboxylic acid groups (broad SMARTS) is 1. The Morgan fingerprint density at radius 1 is 1.14 bits per heavy atom. The van der Waals surface area contributed by atoms with E-state index < -0.39 is 17.9 Å². The van der Waals surface area contributed by atoms with Gasteiger partial charge in [0.1, 0.15) is 6.04 Å². The number of rotatable bonds is 4. The third-order valence-electron chi connectivity index (χ3n) is 2.91. The first-order valence-electron chi connectivity index (χ1n) is 6.13. The standard InChI is InChI=1S/C15H13ClN2O3/c16-11-7-6-10(15(20)21)8-12(11)18-14(19)13(17)9-4-2-1-3-5-9/h1-8,13H,17H2,(H,18,19)(H,20,21). The maximum absolute atomic E-state index is 12.1. The van der Waals surface area contributed by atoms with Gasteiger partial charge >= 0.3 is 5.97 Å². The highest BCUT2D eigenvalue weighted by atomic mass is 35.5. The number of amides is 1. The van der Waals surface area contributed by atoms with Crippen molar-refractivity contribution in [3.8, 4) is 0 Å². The highest BCUT2D eigenvalue weighted by Gasteiger charge is 2.17. The third kappa shape index (κ3) is 3.59. The summed E-state index contributed by atoms with van der Waals surface area (Å²) in [7, 11) is 0. The number of carboxylic acids is 1. The minimum Gasteiger partial charge on any atom is -0.478 e. The van der Waals surface area contributed by atoms with Crippen molar-refractivity contribution in [1.82, 2.24) is 0 Å². The topological polar surface area (TPSA) is 92.4 Å². The van der Waals surface area contributed by atoms with E-state index in [4.69, 9.17) is 22.4 Å². The van der Waals surface area contributed by atoms with E-state index in [1.54, 1.807) is 24.3 Å². The number of nitrogens with two attached hydrogens (primary N) is 1. The van der Waals surface area contributed by atoms with Gasteiger partial charge in [-0.1, -0.05) is 41.9 Å². The molecule has 0 aromatic heterocycles. The van der Waals surface area contributed by atoms with Crippen LogP contribution in [0, 0.1) is 0 Å². The van der Waals surface area contributed by atoms with E-state index in [9.17, 15) is 9.59 Å². The second-order valence-electron chi connectivity index (χ2n) is 4.38. The van der Waals surface area contributed by atoms with Crippen LogP contribution in [0.2, 0.25) is 5.02 Å². The summed E-state index contributed by atoms with van der Waals surface area (Å²) < 4.78 is 0. The fourth-order valence-corrected chi connectivity index (χ4v) is 1.94. The summed E-state index contributed by atoms with van der Waals surface area (Å²) in [6.07, 6.45) is 0. The Labute approximate surface area is 126 Å². The van der Waals surface area contributed by atoms with Crippen LogP contribution in [0.3, 0.4) is 0 Å². The molecule has 0 aliphatic carbocycles. The summed E-state index contributed by atoms with van der Waals surface area (Å²) >= 11 is 5.95. The summed E-state index contributed by atoms with van der Waals surface area (Å²) in [5.74, 6) is -1.57. The Hall–Kier alpha value is -2.37. The molecule has 1 unspecified atom stereocenters. The van der Waals surface area contributed by atoms with E-state index in [0.717, 1.165) is 0 Å². The number of anilines is 1. The van der Waals surface area contributed by atoms with Gasteiger partial charge in [-0.2, -0.15) is 0 Å². The molecule has 0 heterocycles. The minimum absolute atomic E-state index is 0.0305. The summed E-state index contributed by atoms with van der Waals surface area (Å²) in [6, 6.07) is 12.0. The molecule has 108 valence electrons. The van der Waals surface area contributed by atoms with Gasteiger partial charge in [0.05, 0.1) is 16.3 Å². The molecule has 0 fully saturated rings. The first-order valence-corrected chi connectivity index (χ1v) is 6.51. The Bertz CT molecular complexity index is 674. The van der Waals surface area contributed by atoms with Gasteiger partial charge in [-0.05, 0) is 23.8 Å². The lowest BCUT2D eigenvalue weighted by molar-refractivity contribution is -0.117. The molecule has 0 saturated carbocycles. The molecule has 0 aliphatic heterocycles. The van der Waals surface area contributed by atoms with Gasteiger partial charge < -0.3 is 16.2 Å². The maximum Gasteiger partial charge on any atom is 0.335 e. The molecule has 6 heteroatoms. The number of benzene rings is 2. The molecule has 0 radical (unpaired) electrons. The zero-order valence-electron chi connectivity index (χ0n) is 10.9. The van der Waals surface area contributed by atoms with Crippen LogP contribution in [0.1, 0.15) is 22.0 Å². The van der Waals surface area contributed by atoms with Crippen molar-refractivity contribution < 1.29 is 14.7 Å². The van der Waals surface area contributed by atoms with E-state index in [-0.39, 0.29) is 16.3 Å². The molecule has 2 rings (SSSR count). The molecule has 0 bridgehead atoms. The lowest BCUT2D eigenvalue weighted by atomic mass is 10.1. The fourth-order valence-electron chi connectivity index (χ4n) is 1.78. The van der Waals surface area contributed by atoms with Gasteiger partial charge in [0.2, 0.25) is 5.91 Å². The van der Waals surface area contributed by atoms with E-state index in [1.165, 1.54) is 18.2 Å². The van der Waals surface area contributed by atoms with E-state index in [1.807, 2.05) is 6.07 Å². The first-order chi connectivity index (χ1) is 9.99. The van der Waals surface area contributed by atoms with Crippen molar-refractivity contribution >= 4 is 29.2 Å². The summed E-state index contributed by atoms with van der Waals surface area (Å²) in [5.41, 5.74) is 6.76. The Morgan fingerprint density at radius 3 is 2.43 bits per heavy atom. The molecule has 5 nitrogen and oxygen atoms in total. The predicted molar refractivity (Wildman–Crippen MR) is 80.4 cm³/mol. The zero-order chi connectivity index (χ0) is 15.4. The maximum atomic E-state index is 12.1. The van der Waals surface area contributed by atoms with Crippen LogP contribution in [0.25, 0.3) is 0 Å². The normalized spacial score (nSPS) is 11.7. The number of hydrogen-bond acceptors (Lipinski definition) is 3. The molecule has 2 aromatic rings. The van der Waals surface area contributed by atoms with Gasteiger partial charge in [-0.15, -0.1) is 0 Å². The Balaban J connectivity index is 2.20. The highest BCUT2D eigenvalue weighted by Crippen LogP contribution is 2.24. The lowest BCUT2D eigenvalue weighted by Crippen LogP contribution is -2.27. The van der Waals surface area contributed by atoms with Crippen LogP contribution in [0.4, 0.5) is 5.69 Å². The summed E-state index contributed by atoms with van der Waals surface area (Å²) in [6.45, 7) is 0. The van der Waals surface area contributed by atoms with E-state index in [2.05, 4.69) is 5.32 Å². The van der Waals surface area contributed by atoms with Crippen LogP contribution in [0.15, 0.2) is 48.5 Å². The van der Waals surface area contributed by atoms with Crippen molar-refractivity contribution in [1.29, 1.82) is 0 Å². The highest BCUT2D eigenvalue weighted by molar-refractivity contribution is 6.33. The number of aromatic carboxylic acids is 1. The zero-order valence-corrected chi connectivity index (χ0v) is 11.7. The molecule has 1 amide bonds. The van der Waals surface area contributed by atoms with Crippen molar-refractivity contribution in [2.24, 2.45) is 5.73 Å². The fraction of sp³-hybridized carbons (Fsp3) is 0.0667. The lowest BCUT2D eigenvalue weighted by Gasteiger charge is -2.13. The molecule has 0 spiro atoms. The average Bonchev–Trinajstić information content (AvgIpc) is 2.49. The average molecular weight is 305 g/mol. The molecule has 2 aromatic carbocycles. The van der Waals surface area contributed by atoms with Gasteiger partial charge in [-0.25, -0.2) is 4.79 Å². The number of nitrogens with one attached hydrogen (secondary N) is 1. The Kier molecular flexibility index (Phi) is 4.57.